The summed E-state index contributed by atoms with van der Waals surface area (Å²) in [5.41, 5.74) is 0.680. The Morgan fingerprint density at radius 3 is 2.40 bits per heavy atom. The zero-order valence-corrected chi connectivity index (χ0v) is 11.6. The van der Waals surface area contributed by atoms with Gasteiger partial charge in [-0.15, -0.1) is 0 Å². The van der Waals surface area contributed by atoms with Crippen LogP contribution in [0.5, 0.6) is 11.5 Å². The van der Waals surface area contributed by atoms with Crippen LogP contribution in [0.15, 0.2) is 47.4 Å². The standard InChI is InChI=1S/C16H19NO3/c1-13-16(15(18)9-10-17-13)20-12-6-5-11-19-14-7-3-2-4-8-14/h2-4,7-10H,5-6,11-12H2,1H3,(H,17,18). The van der Waals surface area contributed by atoms with E-state index in [-0.39, 0.29) is 5.43 Å². The van der Waals surface area contributed by atoms with Gasteiger partial charge in [0.25, 0.3) is 0 Å². The summed E-state index contributed by atoms with van der Waals surface area (Å²) in [7, 11) is 0. The summed E-state index contributed by atoms with van der Waals surface area (Å²) in [6.45, 7) is 3.00. The number of para-hydroxylation sites is 1. The fourth-order valence-electron chi connectivity index (χ4n) is 1.83. The number of unbranched alkanes of at least 4 members (excludes halogenated alkanes) is 1. The van der Waals surface area contributed by atoms with Crippen molar-refractivity contribution >= 4 is 0 Å². The van der Waals surface area contributed by atoms with Crippen molar-refractivity contribution in [3.05, 3.63) is 58.5 Å². The third-order valence-electron chi connectivity index (χ3n) is 2.90. The maximum atomic E-state index is 11.6. The van der Waals surface area contributed by atoms with E-state index < -0.39 is 0 Å². The zero-order chi connectivity index (χ0) is 14.2. The first-order valence-electron chi connectivity index (χ1n) is 6.76. The molecule has 4 nitrogen and oxygen atoms in total. The molecule has 0 radical (unpaired) electrons. The first kappa shape index (κ1) is 14.2. The van der Waals surface area contributed by atoms with E-state index in [0.717, 1.165) is 24.3 Å². The highest BCUT2D eigenvalue weighted by atomic mass is 16.5. The van der Waals surface area contributed by atoms with E-state index in [0.29, 0.717) is 19.0 Å². The molecule has 0 fully saturated rings. The Morgan fingerprint density at radius 1 is 1.00 bits per heavy atom. The zero-order valence-electron chi connectivity index (χ0n) is 11.6. The van der Waals surface area contributed by atoms with Crippen molar-refractivity contribution in [2.75, 3.05) is 13.2 Å². The molecule has 0 aliphatic heterocycles. The smallest absolute Gasteiger partial charge is 0.223 e. The highest BCUT2D eigenvalue weighted by Crippen LogP contribution is 2.10. The number of hydrogen-bond acceptors (Lipinski definition) is 3. The highest BCUT2D eigenvalue weighted by Gasteiger charge is 2.03. The van der Waals surface area contributed by atoms with Crippen molar-refractivity contribution in [1.29, 1.82) is 0 Å². The third kappa shape index (κ3) is 4.16. The Hall–Kier alpha value is -2.23. The molecule has 0 saturated heterocycles. The third-order valence-corrected chi connectivity index (χ3v) is 2.90. The molecule has 0 amide bonds. The SMILES string of the molecule is Cc1[nH]ccc(=O)c1OCCCCOc1ccccc1. The van der Waals surface area contributed by atoms with Crippen LogP contribution in [0.25, 0.3) is 0 Å². The highest BCUT2D eigenvalue weighted by molar-refractivity contribution is 5.25. The number of H-pyrrole nitrogens is 1. The van der Waals surface area contributed by atoms with Gasteiger partial charge < -0.3 is 14.5 Å². The van der Waals surface area contributed by atoms with Crippen LogP contribution in [0.4, 0.5) is 0 Å². The van der Waals surface area contributed by atoms with E-state index in [9.17, 15) is 4.79 Å². The first-order valence-corrected chi connectivity index (χ1v) is 6.76. The van der Waals surface area contributed by atoms with Crippen LogP contribution in [0.2, 0.25) is 0 Å². The molecular formula is C16H19NO3. The molecule has 0 aliphatic rings. The molecule has 0 saturated carbocycles. The molecule has 20 heavy (non-hydrogen) atoms. The number of aryl methyl sites for hydroxylation is 1. The fourth-order valence-corrected chi connectivity index (χ4v) is 1.83. The maximum Gasteiger partial charge on any atom is 0.223 e. The van der Waals surface area contributed by atoms with Crippen molar-refractivity contribution < 1.29 is 9.47 Å². The van der Waals surface area contributed by atoms with Gasteiger partial charge in [0, 0.05) is 12.3 Å². The van der Waals surface area contributed by atoms with Gasteiger partial charge in [-0.1, -0.05) is 18.2 Å². The van der Waals surface area contributed by atoms with E-state index in [1.54, 1.807) is 6.20 Å². The number of aromatic amines is 1. The average molecular weight is 273 g/mol. The second-order valence-electron chi connectivity index (χ2n) is 4.51. The summed E-state index contributed by atoms with van der Waals surface area (Å²) in [6.07, 6.45) is 3.36. The lowest BCUT2D eigenvalue weighted by atomic mass is 10.3. The normalized spacial score (nSPS) is 10.2. The monoisotopic (exact) mass is 273 g/mol. The van der Waals surface area contributed by atoms with Crippen molar-refractivity contribution in [2.24, 2.45) is 0 Å². The largest absolute Gasteiger partial charge is 0.494 e. The summed E-state index contributed by atoms with van der Waals surface area (Å²) in [5.74, 6) is 1.29. The van der Waals surface area contributed by atoms with E-state index in [1.807, 2.05) is 37.3 Å². The quantitative estimate of drug-likeness (QED) is 0.789. The van der Waals surface area contributed by atoms with Crippen molar-refractivity contribution in [3.63, 3.8) is 0 Å². The van der Waals surface area contributed by atoms with Gasteiger partial charge in [0.05, 0.1) is 18.9 Å². The van der Waals surface area contributed by atoms with Crippen LogP contribution < -0.4 is 14.9 Å². The van der Waals surface area contributed by atoms with E-state index in [2.05, 4.69) is 4.98 Å². The Balaban J connectivity index is 1.66. The van der Waals surface area contributed by atoms with Crippen molar-refractivity contribution in [2.45, 2.75) is 19.8 Å². The second kappa shape index (κ2) is 7.38. The Kier molecular flexibility index (Phi) is 5.24. The molecule has 106 valence electrons. The second-order valence-corrected chi connectivity index (χ2v) is 4.51. The molecule has 0 atom stereocenters. The van der Waals surface area contributed by atoms with Gasteiger partial charge in [0.2, 0.25) is 5.43 Å². The van der Waals surface area contributed by atoms with Crippen LogP contribution in [0, 0.1) is 6.92 Å². The van der Waals surface area contributed by atoms with Crippen molar-refractivity contribution in [3.8, 4) is 11.5 Å². The molecule has 0 bridgehead atoms. The minimum atomic E-state index is -0.0817. The van der Waals surface area contributed by atoms with Gasteiger partial charge in [0.15, 0.2) is 5.75 Å². The molecular weight excluding hydrogens is 254 g/mol. The Labute approximate surface area is 118 Å². The molecule has 0 spiro atoms. The first-order chi connectivity index (χ1) is 9.77. The van der Waals surface area contributed by atoms with E-state index >= 15 is 0 Å². The van der Waals surface area contributed by atoms with Crippen LogP contribution in [-0.2, 0) is 0 Å². The molecule has 2 rings (SSSR count). The number of ether oxygens (including phenoxy) is 2. The van der Waals surface area contributed by atoms with Crippen LogP contribution in [-0.4, -0.2) is 18.2 Å². The lowest BCUT2D eigenvalue weighted by Gasteiger charge is -2.08. The minimum absolute atomic E-state index is 0.0817. The summed E-state index contributed by atoms with van der Waals surface area (Å²) in [6, 6.07) is 11.2. The molecule has 0 unspecified atom stereocenters. The molecule has 0 aliphatic carbocycles. The average Bonchev–Trinajstić information content (AvgIpc) is 2.46. The van der Waals surface area contributed by atoms with Crippen LogP contribution in [0.1, 0.15) is 18.5 Å². The Morgan fingerprint density at radius 2 is 1.70 bits per heavy atom. The van der Waals surface area contributed by atoms with Crippen LogP contribution in [0.3, 0.4) is 0 Å². The molecule has 1 aromatic heterocycles. The minimum Gasteiger partial charge on any atom is -0.494 e. The molecule has 1 heterocycles. The van der Waals surface area contributed by atoms with Gasteiger partial charge in [-0.25, -0.2) is 0 Å². The fraction of sp³-hybridized carbons (Fsp3) is 0.312. The molecule has 4 heteroatoms. The number of benzene rings is 1. The summed E-state index contributed by atoms with van der Waals surface area (Å²) in [4.78, 5) is 14.5. The van der Waals surface area contributed by atoms with E-state index in [4.69, 9.17) is 9.47 Å². The molecule has 2 aromatic rings. The van der Waals surface area contributed by atoms with E-state index in [1.165, 1.54) is 6.07 Å². The topological polar surface area (TPSA) is 51.3 Å². The number of pyridine rings is 1. The molecule has 1 N–H and O–H groups in total. The lowest BCUT2D eigenvalue weighted by Crippen LogP contribution is -2.11. The predicted molar refractivity (Wildman–Crippen MR) is 78.5 cm³/mol. The number of aromatic nitrogens is 1. The summed E-state index contributed by atoms with van der Waals surface area (Å²) >= 11 is 0. The van der Waals surface area contributed by atoms with Gasteiger partial charge in [-0.05, 0) is 31.9 Å². The summed E-state index contributed by atoms with van der Waals surface area (Å²) < 4.78 is 11.1. The predicted octanol–water partition coefficient (Wildman–Crippen LogP) is 2.92. The maximum absolute atomic E-state index is 11.6. The van der Waals surface area contributed by atoms with Gasteiger partial charge >= 0.3 is 0 Å². The molecule has 1 aromatic carbocycles. The van der Waals surface area contributed by atoms with Gasteiger partial charge in [-0.2, -0.15) is 0 Å². The number of rotatable bonds is 7. The number of hydrogen-bond donors (Lipinski definition) is 1. The Bertz CT molecular complexity index is 578. The van der Waals surface area contributed by atoms with Gasteiger partial charge in [0.1, 0.15) is 5.75 Å². The van der Waals surface area contributed by atoms with Crippen LogP contribution >= 0.6 is 0 Å². The van der Waals surface area contributed by atoms with Crippen molar-refractivity contribution in [1.82, 2.24) is 4.98 Å². The summed E-state index contributed by atoms with van der Waals surface area (Å²) in [5, 5.41) is 0. The van der Waals surface area contributed by atoms with Gasteiger partial charge in [-0.3, -0.25) is 4.79 Å². The lowest BCUT2D eigenvalue weighted by molar-refractivity contribution is 0.264. The number of nitrogens with one attached hydrogen (secondary N) is 1.